The zero-order valence-corrected chi connectivity index (χ0v) is 37.3. The van der Waals surface area contributed by atoms with Gasteiger partial charge in [-0.15, -0.1) is 41.3 Å². The van der Waals surface area contributed by atoms with E-state index in [4.69, 9.17) is 14.8 Å². The number of pyridine rings is 1. The quantitative estimate of drug-likeness (QED) is 0.121. The van der Waals surface area contributed by atoms with E-state index in [9.17, 15) is 0 Å². The molecule has 0 amide bonds. The van der Waals surface area contributed by atoms with Crippen LogP contribution < -0.4 is 4.74 Å². The molecule has 7 aromatic rings. The van der Waals surface area contributed by atoms with Gasteiger partial charge in [-0.2, -0.15) is 11.2 Å². The van der Waals surface area contributed by atoms with Crippen LogP contribution in [-0.4, -0.2) is 19.3 Å². The van der Waals surface area contributed by atoms with Crippen LogP contribution in [0, 0.1) is 38.8 Å². The third kappa shape index (κ3) is 8.03. The van der Waals surface area contributed by atoms with E-state index in [0.717, 1.165) is 69.5 Å². The van der Waals surface area contributed by atoms with Crippen LogP contribution >= 0.6 is 0 Å². The fourth-order valence-corrected chi connectivity index (χ4v) is 8.09. The number of benzene rings is 4. The van der Waals surface area contributed by atoms with Gasteiger partial charge in [-0.1, -0.05) is 103 Å². The third-order valence-electron chi connectivity index (χ3n) is 11.2. The van der Waals surface area contributed by atoms with Crippen molar-refractivity contribution in [1.29, 1.82) is 0 Å². The minimum atomic E-state index is -0.133. The summed E-state index contributed by atoms with van der Waals surface area (Å²) in [6.45, 7) is 24.6. The van der Waals surface area contributed by atoms with Crippen LogP contribution in [0.3, 0.4) is 0 Å². The minimum absolute atomic E-state index is 0. The monoisotopic (exact) mass is 923 g/mol. The van der Waals surface area contributed by atoms with Crippen LogP contribution in [0.4, 0.5) is 0 Å². The van der Waals surface area contributed by atoms with Gasteiger partial charge >= 0.3 is 21.1 Å². The van der Waals surface area contributed by atoms with Crippen LogP contribution in [0.25, 0.3) is 44.4 Å². The first-order valence-electron chi connectivity index (χ1n) is 20.1. The number of aromatic nitrogens is 4. The summed E-state index contributed by atoms with van der Waals surface area (Å²) in [7, 11) is 0. The number of hydrogen-bond acceptors (Lipinski definition) is 3. The maximum absolute atomic E-state index is 6.75. The first-order valence-corrected chi connectivity index (χ1v) is 20.1. The molecule has 292 valence electrons. The molecule has 0 aliphatic carbocycles. The average Bonchev–Trinajstić information content (AvgIpc) is 3.65. The van der Waals surface area contributed by atoms with Gasteiger partial charge in [0.05, 0.1) is 5.69 Å². The molecule has 1 atom stereocenters. The van der Waals surface area contributed by atoms with Crippen molar-refractivity contribution in [3.8, 4) is 34.1 Å². The van der Waals surface area contributed by atoms with E-state index >= 15 is 0 Å². The van der Waals surface area contributed by atoms with Gasteiger partial charge in [0.25, 0.3) is 0 Å². The summed E-state index contributed by atoms with van der Waals surface area (Å²) in [5.74, 6) is 3.27. The molecule has 3 aromatic heterocycles. The zero-order valence-electron chi connectivity index (χ0n) is 35.0. The van der Waals surface area contributed by atoms with E-state index in [1.807, 2.05) is 12.3 Å². The molecule has 5 nitrogen and oxygen atoms in total. The second-order valence-electron chi connectivity index (χ2n) is 16.9. The minimum Gasteiger partial charge on any atom is -0.509 e. The fourth-order valence-electron chi connectivity index (χ4n) is 8.09. The zero-order chi connectivity index (χ0) is 39.2. The molecule has 0 aliphatic heterocycles. The van der Waals surface area contributed by atoms with E-state index in [-0.39, 0.29) is 26.5 Å². The smallest absolute Gasteiger partial charge is 0.509 e. The summed E-state index contributed by atoms with van der Waals surface area (Å²) in [4.78, 5) is 4.91. The molecule has 0 bridgehead atoms. The maximum Gasteiger partial charge on any atom is 2.00 e. The number of nitrogens with zero attached hydrogens (tertiary/aromatic N) is 4. The van der Waals surface area contributed by atoms with Crippen molar-refractivity contribution in [2.75, 3.05) is 0 Å². The first-order chi connectivity index (χ1) is 26.3. The molecule has 0 saturated carbocycles. The van der Waals surface area contributed by atoms with Gasteiger partial charge in [-0.25, -0.2) is 4.98 Å². The Morgan fingerprint density at radius 2 is 1.48 bits per heavy atom. The SMILES string of the molecule is CCc1cc(C)cc(CC)c1-c1c(C)nn(-c2[c-]c(Oc3[c-]c4c(cc3)c3ccccc3n4-c3cc(C(C)CCC(C)C)ccn3)cc(C(C)(C)C)c2)c1C.[Pt+2]. The largest absolute Gasteiger partial charge is 2.00 e. The van der Waals surface area contributed by atoms with Crippen molar-refractivity contribution in [3.63, 3.8) is 0 Å². The molecule has 3 heterocycles. The third-order valence-corrected chi connectivity index (χ3v) is 11.2. The molecular weight excluding hydrogens is 868 g/mol. The van der Waals surface area contributed by atoms with Gasteiger partial charge in [0.15, 0.2) is 0 Å². The molecule has 0 fully saturated rings. The molecular formula is C50H56N4OPt. The summed E-state index contributed by atoms with van der Waals surface area (Å²) < 4.78 is 11.0. The van der Waals surface area contributed by atoms with E-state index in [2.05, 4.69) is 164 Å². The van der Waals surface area contributed by atoms with Gasteiger partial charge in [0.1, 0.15) is 5.82 Å². The van der Waals surface area contributed by atoms with E-state index in [1.165, 1.54) is 39.8 Å². The van der Waals surface area contributed by atoms with Crippen molar-refractivity contribution in [2.45, 2.75) is 113 Å². The topological polar surface area (TPSA) is 44.9 Å². The van der Waals surface area contributed by atoms with Crippen molar-refractivity contribution in [2.24, 2.45) is 5.92 Å². The average molecular weight is 924 g/mol. The van der Waals surface area contributed by atoms with E-state index in [0.29, 0.717) is 23.3 Å². The number of ether oxygens (including phenoxy) is 1. The maximum atomic E-state index is 6.75. The predicted molar refractivity (Wildman–Crippen MR) is 229 cm³/mol. The Bertz CT molecular complexity index is 2490. The Kier molecular flexibility index (Phi) is 12.2. The van der Waals surface area contributed by atoms with Gasteiger partial charge in [-0.3, -0.25) is 4.68 Å². The molecule has 0 radical (unpaired) electrons. The standard InChI is InChI=1S/C50H56N4O.Pt/c1-12-36-24-32(5)25-37(13-2)49(36)48-34(7)52-54(35(48)8)40-27-39(50(9,10)11)28-42(29-40)55-41-20-21-44-43-16-14-15-17-45(43)53(46(44)30-41)47-26-38(22-23-51-47)33(6)19-18-31(3)4;/h14-17,20-28,31,33H,12-13,18-19H2,1-11H3;/q-2;+2. The molecule has 4 aromatic carbocycles. The molecule has 1 unspecified atom stereocenters. The van der Waals surface area contributed by atoms with Crippen molar-refractivity contribution < 1.29 is 25.8 Å². The first kappa shape index (κ1) is 41.2. The molecule has 7 rings (SSSR count). The van der Waals surface area contributed by atoms with Crippen LogP contribution in [0.2, 0.25) is 0 Å². The second kappa shape index (κ2) is 16.6. The van der Waals surface area contributed by atoms with Crippen molar-refractivity contribution >= 4 is 21.8 Å². The van der Waals surface area contributed by atoms with Crippen LogP contribution in [-0.2, 0) is 39.3 Å². The Labute approximate surface area is 348 Å². The summed E-state index contributed by atoms with van der Waals surface area (Å²) in [6, 6.07) is 33.4. The van der Waals surface area contributed by atoms with E-state index in [1.54, 1.807) is 0 Å². The molecule has 56 heavy (non-hydrogen) atoms. The van der Waals surface area contributed by atoms with Gasteiger partial charge in [0, 0.05) is 34.5 Å². The van der Waals surface area contributed by atoms with Crippen LogP contribution in [0.1, 0.15) is 113 Å². The Morgan fingerprint density at radius 1 is 0.768 bits per heavy atom. The van der Waals surface area contributed by atoms with Crippen molar-refractivity contribution in [3.05, 3.63) is 130 Å². The Balaban J connectivity index is 0.00000532. The van der Waals surface area contributed by atoms with Crippen LogP contribution in [0.5, 0.6) is 11.5 Å². The Hall–Kier alpha value is -4.47. The fraction of sp³-hybridized carbons (Fsp3) is 0.360. The predicted octanol–water partition coefficient (Wildman–Crippen LogP) is 13.3. The molecule has 0 saturated heterocycles. The Morgan fingerprint density at radius 3 is 2.16 bits per heavy atom. The normalized spacial score (nSPS) is 12.4. The summed E-state index contributed by atoms with van der Waals surface area (Å²) in [5.41, 5.74) is 13.9. The number of aryl methyl sites for hydroxylation is 4. The summed E-state index contributed by atoms with van der Waals surface area (Å²) in [6.07, 6.45) is 6.23. The molecule has 0 spiro atoms. The molecule has 6 heteroatoms. The number of para-hydroxylation sites is 1. The number of fused-ring (bicyclic) bond motifs is 3. The van der Waals surface area contributed by atoms with E-state index < -0.39 is 0 Å². The van der Waals surface area contributed by atoms with Gasteiger partial charge in [-0.05, 0) is 109 Å². The van der Waals surface area contributed by atoms with Crippen LogP contribution in [0.15, 0.2) is 79.0 Å². The summed E-state index contributed by atoms with van der Waals surface area (Å²) >= 11 is 0. The summed E-state index contributed by atoms with van der Waals surface area (Å²) in [5, 5.41) is 7.44. The molecule has 0 aliphatic rings. The number of rotatable bonds is 11. The number of hydrogen-bond donors (Lipinski definition) is 0. The molecule has 0 N–H and O–H groups in total. The second-order valence-corrected chi connectivity index (χ2v) is 16.9. The van der Waals surface area contributed by atoms with Gasteiger partial charge < -0.3 is 9.30 Å². The van der Waals surface area contributed by atoms with Crippen molar-refractivity contribution in [1.82, 2.24) is 19.3 Å². The van der Waals surface area contributed by atoms with Gasteiger partial charge in [0.2, 0.25) is 0 Å².